The van der Waals surface area contributed by atoms with Gasteiger partial charge in [0.05, 0.1) is 24.8 Å². The smallest absolute Gasteiger partial charge is 0.250 e. The number of carbonyl (C=O) groups is 1. The van der Waals surface area contributed by atoms with Crippen molar-refractivity contribution in [1.82, 2.24) is 4.98 Å². The molecule has 1 aromatic carbocycles. The number of aromatic nitrogens is 1. The first kappa shape index (κ1) is 16.4. The van der Waals surface area contributed by atoms with Crippen LogP contribution in [0.15, 0.2) is 24.4 Å². The number of halogens is 1. The highest BCUT2D eigenvalue weighted by Gasteiger charge is 2.22. The minimum atomic E-state index is -0.545. The van der Waals surface area contributed by atoms with Crippen LogP contribution in [0, 0.1) is 0 Å². The molecule has 0 saturated carbocycles. The highest BCUT2D eigenvalue weighted by molar-refractivity contribution is 6.33. The van der Waals surface area contributed by atoms with Crippen LogP contribution >= 0.6 is 11.6 Å². The van der Waals surface area contributed by atoms with Crippen molar-refractivity contribution in [2.75, 3.05) is 25.7 Å². The number of fused-ring (bicyclic) bond motifs is 1. The molecule has 2 heterocycles. The van der Waals surface area contributed by atoms with E-state index >= 15 is 0 Å². The Bertz CT molecular complexity index is 795. The molecule has 1 aliphatic heterocycles. The molecule has 0 bridgehead atoms. The third kappa shape index (κ3) is 2.97. The van der Waals surface area contributed by atoms with Crippen LogP contribution in [0.2, 0.25) is 5.02 Å². The van der Waals surface area contributed by atoms with Crippen LogP contribution in [0.5, 0.6) is 11.5 Å². The first-order chi connectivity index (χ1) is 11.5. The van der Waals surface area contributed by atoms with Gasteiger partial charge in [-0.15, -0.1) is 0 Å². The van der Waals surface area contributed by atoms with Gasteiger partial charge in [-0.1, -0.05) is 11.6 Å². The molecule has 1 amide bonds. The number of nitrogens with two attached hydrogens (primary N) is 1. The van der Waals surface area contributed by atoms with Crippen LogP contribution in [0.3, 0.4) is 0 Å². The first-order valence-corrected chi connectivity index (χ1v) is 7.85. The topological polar surface area (TPSA) is 77.7 Å². The molecule has 0 atom stereocenters. The summed E-state index contributed by atoms with van der Waals surface area (Å²) in [7, 11) is 3.25. The quantitative estimate of drug-likeness (QED) is 0.919. The summed E-state index contributed by atoms with van der Waals surface area (Å²) in [5.74, 6) is 1.52. The fourth-order valence-electron chi connectivity index (χ4n) is 2.86. The van der Waals surface area contributed by atoms with E-state index in [0.29, 0.717) is 28.7 Å². The van der Waals surface area contributed by atoms with Gasteiger partial charge in [-0.05, 0) is 35.7 Å². The van der Waals surface area contributed by atoms with Gasteiger partial charge in [0.2, 0.25) is 5.91 Å². The van der Waals surface area contributed by atoms with Crippen molar-refractivity contribution in [2.24, 2.45) is 5.73 Å². The Balaban J connectivity index is 1.91. The van der Waals surface area contributed by atoms with Crippen molar-refractivity contribution in [3.8, 4) is 11.5 Å². The second kappa shape index (κ2) is 6.57. The van der Waals surface area contributed by atoms with E-state index in [2.05, 4.69) is 9.88 Å². The highest BCUT2D eigenvalue weighted by Crippen LogP contribution is 2.35. The van der Waals surface area contributed by atoms with E-state index in [4.69, 9.17) is 26.8 Å². The lowest BCUT2D eigenvalue weighted by molar-refractivity contribution is 0.1000. The van der Waals surface area contributed by atoms with Gasteiger partial charge in [-0.25, -0.2) is 4.98 Å². The fraction of sp³-hybridized carbons (Fsp3) is 0.294. The molecule has 0 radical (unpaired) electrons. The Morgan fingerprint density at radius 2 is 1.88 bits per heavy atom. The van der Waals surface area contributed by atoms with Crippen LogP contribution in [-0.4, -0.2) is 31.7 Å². The number of hydrogen-bond donors (Lipinski definition) is 1. The SMILES string of the molecule is COc1cc2c(cc1OC)CN(c1ncc(C(N)=O)cc1Cl)CC2. The van der Waals surface area contributed by atoms with E-state index in [1.807, 2.05) is 12.1 Å². The number of pyridine rings is 1. The van der Waals surface area contributed by atoms with Crippen molar-refractivity contribution in [3.63, 3.8) is 0 Å². The zero-order valence-corrected chi connectivity index (χ0v) is 14.3. The van der Waals surface area contributed by atoms with Crippen molar-refractivity contribution in [2.45, 2.75) is 13.0 Å². The molecule has 126 valence electrons. The van der Waals surface area contributed by atoms with E-state index in [1.54, 1.807) is 20.3 Å². The summed E-state index contributed by atoms with van der Waals surface area (Å²) in [5, 5.41) is 0.412. The largest absolute Gasteiger partial charge is 0.493 e. The van der Waals surface area contributed by atoms with Gasteiger partial charge >= 0.3 is 0 Å². The lowest BCUT2D eigenvalue weighted by atomic mass is 9.98. The minimum Gasteiger partial charge on any atom is -0.493 e. The number of benzene rings is 1. The van der Waals surface area contributed by atoms with Crippen molar-refractivity contribution in [3.05, 3.63) is 46.1 Å². The lowest BCUT2D eigenvalue weighted by Crippen LogP contribution is -2.31. The van der Waals surface area contributed by atoms with Gasteiger partial charge in [0.25, 0.3) is 0 Å². The molecule has 0 fully saturated rings. The van der Waals surface area contributed by atoms with Crippen LogP contribution < -0.4 is 20.1 Å². The fourth-order valence-corrected chi connectivity index (χ4v) is 3.15. The Morgan fingerprint density at radius 3 is 2.46 bits per heavy atom. The number of amides is 1. The van der Waals surface area contributed by atoms with Crippen molar-refractivity contribution < 1.29 is 14.3 Å². The maximum absolute atomic E-state index is 11.2. The molecule has 1 aromatic heterocycles. The number of primary amides is 1. The van der Waals surface area contributed by atoms with Gasteiger partial charge < -0.3 is 20.1 Å². The first-order valence-electron chi connectivity index (χ1n) is 7.47. The summed E-state index contributed by atoms with van der Waals surface area (Å²) >= 11 is 6.28. The lowest BCUT2D eigenvalue weighted by Gasteiger charge is -2.31. The van der Waals surface area contributed by atoms with Crippen LogP contribution in [0.1, 0.15) is 21.5 Å². The minimum absolute atomic E-state index is 0.299. The number of methoxy groups -OCH3 is 2. The molecule has 7 heteroatoms. The number of carbonyl (C=O) groups excluding carboxylic acids is 1. The maximum Gasteiger partial charge on any atom is 0.250 e. The normalized spacial score (nSPS) is 13.4. The number of anilines is 1. The summed E-state index contributed by atoms with van der Waals surface area (Å²) in [5.41, 5.74) is 7.91. The molecule has 1 aliphatic rings. The Hall–Kier alpha value is -2.47. The molecule has 0 unspecified atom stereocenters. The summed E-state index contributed by atoms with van der Waals surface area (Å²) in [6.45, 7) is 1.42. The predicted octanol–water partition coefficient (Wildman–Crippen LogP) is 2.41. The zero-order valence-electron chi connectivity index (χ0n) is 13.5. The van der Waals surface area contributed by atoms with E-state index in [0.717, 1.165) is 24.3 Å². The van der Waals surface area contributed by atoms with Gasteiger partial charge in [-0.2, -0.15) is 0 Å². The number of nitrogens with zero attached hydrogens (tertiary/aromatic N) is 2. The number of ether oxygens (including phenoxy) is 2. The third-order valence-electron chi connectivity index (χ3n) is 4.12. The van der Waals surface area contributed by atoms with Crippen molar-refractivity contribution in [1.29, 1.82) is 0 Å². The average molecular weight is 348 g/mol. The molecule has 0 aliphatic carbocycles. The number of rotatable bonds is 4. The Kier molecular flexibility index (Phi) is 4.49. The standard InChI is InChI=1S/C17H18ClN3O3/c1-23-14-6-10-3-4-21(9-12(10)7-15(14)24-2)17-13(18)5-11(8-20-17)16(19)22/h5-8H,3-4,9H2,1-2H3,(H2,19,22). The number of hydrogen-bond acceptors (Lipinski definition) is 5. The van der Waals surface area contributed by atoms with E-state index in [1.165, 1.54) is 11.8 Å². The molecule has 3 rings (SSSR count). The Labute approximate surface area is 145 Å². The van der Waals surface area contributed by atoms with Gasteiger partial charge in [0.15, 0.2) is 11.5 Å². The van der Waals surface area contributed by atoms with E-state index in [-0.39, 0.29) is 0 Å². The maximum atomic E-state index is 11.2. The molecule has 6 nitrogen and oxygen atoms in total. The monoisotopic (exact) mass is 347 g/mol. The summed E-state index contributed by atoms with van der Waals surface area (Å²) in [6, 6.07) is 5.54. The molecular weight excluding hydrogens is 330 g/mol. The van der Waals surface area contributed by atoms with Crippen LogP contribution in [0.25, 0.3) is 0 Å². The van der Waals surface area contributed by atoms with Gasteiger partial charge in [0, 0.05) is 19.3 Å². The van der Waals surface area contributed by atoms with E-state index < -0.39 is 5.91 Å². The van der Waals surface area contributed by atoms with Crippen molar-refractivity contribution >= 4 is 23.3 Å². The second-order valence-electron chi connectivity index (χ2n) is 5.54. The molecule has 0 spiro atoms. The third-order valence-corrected chi connectivity index (χ3v) is 4.40. The zero-order chi connectivity index (χ0) is 17.3. The highest BCUT2D eigenvalue weighted by atomic mass is 35.5. The van der Waals surface area contributed by atoms with E-state index in [9.17, 15) is 4.79 Å². The molecule has 2 aromatic rings. The predicted molar refractivity (Wildman–Crippen MR) is 92.1 cm³/mol. The van der Waals surface area contributed by atoms with Gasteiger partial charge in [0.1, 0.15) is 5.82 Å². The molecule has 0 saturated heterocycles. The van der Waals surface area contributed by atoms with Gasteiger partial charge in [-0.3, -0.25) is 4.79 Å². The Morgan fingerprint density at radius 1 is 1.21 bits per heavy atom. The molecule has 2 N–H and O–H groups in total. The second-order valence-corrected chi connectivity index (χ2v) is 5.95. The summed E-state index contributed by atoms with van der Waals surface area (Å²) < 4.78 is 10.7. The average Bonchev–Trinajstić information content (AvgIpc) is 2.59. The molecule has 24 heavy (non-hydrogen) atoms. The van der Waals surface area contributed by atoms with Crippen LogP contribution in [0.4, 0.5) is 5.82 Å². The summed E-state index contributed by atoms with van der Waals surface area (Å²) in [6.07, 6.45) is 2.29. The summed E-state index contributed by atoms with van der Waals surface area (Å²) in [4.78, 5) is 17.6. The molecular formula is C17H18ClN3O3. The van der Waals surface area contributed by atoms with Crippen LogP contribution in [-0.2, 0) is 13.0 Å².